The topological polar surface area (TPSA) is 60.8 Å². The maximum Gasteiger partial charge on any atom is 0.304 e. The van der Waals surface area contributed by atoms with Crippen molar-refractivity contribution in [1.82, 2.24) is 4.90 Å². The number of likely N-dealkylation sites (tertiary alicyclic amines) is 1. The Bertz CT molecular complexity index is 388. The number of rotatable bonds is 4. The van der Waals surface area contributed by atoms with Crippen molar-refractivity contribution in [3.05, 3.63) is 29.8 Å². The van der Waals surface area contributed by atoms with E-state index in [2.05, 4.69) is 4.90 Å². The second-order valence-electron chi connectivity index (χ2n) is 4.53. The van der Waals surface area contributed by atoms with E-state index in [1.807, 2.05) is 12.1 Å². The van der Waals surface area contributed by atoms with Crippen LogP contribution < -0.4 is 0 Å². The van der Waals surface area contributed by atoms with Crippen LogP contribution in [0, 0.1) is 0 Å². The highest BCUT2D eigenvalue weighted by atomic mass is 16.4. The molecule has 17 heavy (non-hydrogen) atoms. The largest absolute Gasteiger partial charge is 0.508 e. The standard InChI is InChI=1S/C13H17NO3/c15-12-5-3-10(4-6-12)9-14-7-1-2-11(14)8-13(16)17/h3-6,11,15H,1-2,7-9H2,(H,16,17). The molecule has 0 aromatic heterocycles. The van der Waals surface area contributed by atoms with E-state index in [-0.39, 0.29) is 18.2 Å². The first-order valence-electron chi connectivity index (χ1n) is 5.89. The summed E-state index contributed by atoms with van der Waals surface area (Å²) in [5.41, 5.74) is 1.11. The SMILES string of the molecule is O=C(O)CC1CCCN1Cc1ccc(O)cc1. The number of benzene rings is 1. The Morgan fingerprint density at radius 2 is 2.06 bits per heavy atom. The summed E-state index contributed by atoms with van der Waals surface area (Å²) in [6.07, 6.45) is 2.25. The number of hydrogen-bond donors (Lipinski definition) is 2. The van der Waals surface area contributed by atoms with Crippen molar-refractivity contribution >= 4 is 5.97 Å². The summed E-state index contributed by atoms with van der Waals surface area (Å²) in [5.74, 6) is -0.468. The second kappa shape index (κ2) is 5.19. The molecule has 0 radical (unpaired) electrons. The number of aromatic hydroxyl groups is 1. The van der Waals surface area contributed by atoms with Crippen LogP contribution in [0.4, 0.5) is 0 Å². The highest BCUT2D eigenvalue weighted by Crippen LogP contribution is 2.23. The van der Waals surface area contributed by atoms with Crippen LogP contribution in [-0.2, 0) is 11.3 Å². The average Bonchev–Trinajstić information content (AvgIpc) is 2.68. The average molecular weight is 235 g/mol. The molecule has 0 spiro atoms. The van der Waals surface area contributed by atoms with Gasteiger partial charge in [0.25, 0.3) is 0 Å². The number of phenolic OH excluding ortho intramolecular Hbond substituents is 1. The summed E-state index contributed by atoms with van der Waals surface area (Å²) < 4.78 is 0. The number of aliphatic carboxylic acids is 1. The molecule has 0 aliphatic carbocycles. The molecule has 1 heterocycles. The molecular weight excluding hydrogens is 218 g/mol. The monoisotopic (exact) mass is 235 g/mol. The molecule has 1 saturated heterocycles. The summed E-state index contributed by atoms with van der Waals surface area (Å²) in [6.45, 7) is 1.72. The lowest BCUT2D eigenvalue weighted by molar-refractivity contribution is -0.138. The summed E-state index contributed by atoms with van der Waals surface area (Å²) in [7, 11) is 0. The molecule has 4 heteroatoms. The third-order valence-electron chi connectivity index (χ3n) is 3.23. The van der Waals surface area contributed by atoms with E-state index in [4.69, 9.17) is 5.11 Å². The molecule has 1 unspecified atom stereocenters. The lowest BCUT2D eigenvalue weighted by Crippen LogP contribution is -2.30. The minimum Gasteiger partial charge on any atom is -0.508 e. The van der Waals surface area contributed by atoms with Crippen LogP contribution >= 0.6 is 0 Å². The molecule has 0 saturated carbocycles. The Labute approximate surface area is 100 Å². The van der Waals surface area contributed by atoms with E-state index in [1.165, 1.54) is 0 Å². The Morgan fingerprint density at radius 1 is 1.35 bits per heavy atom. The van der Waals surface area contributed by atoms with Gasteiger partial charge >= 0.3 is 5.97 Å². The molecule has 1 fully saturated rings. The van der Waals surface area contributed by atoms with Crippen molar-refractivity contribution in [2.75, 3.05) is 6.54 Å². The van der Waals surface area contributed by atoms with Crippen LogP contribution in [0.3, 0.4) is 0 Å². The predicted octanol–water partition coefficient (Wildman–Crippen LogP) is 1.83. The zero-order chi connectivity index (χ0) is 12.3. The van der Waals surface area contributed by atoms with Gasteiger partial charge in [-0.2, -0.15) is 0 Å². The van der Waals surface area contributed by atoms with E-state index in [0.717, 1.165) is 31.5 Å². The van der Waals surface area contributed by atoms with E-state index >= 15 is 0 Å². The van der Waals surface area contributed by atoms with Crippen LogP contribution in [0.2, 0.25) is 0 Å². The first-order chi connectivity index (χ1) is 8.15. The van der Waals surface area contributed by atoms with Gasteiger partial charge in [-0.05, 0) is 37.1 Å². The van der Waals surface area contributed by atoms with Gasteiger partial charge in [0, 0.05) is 12.6 Å². The van der Waals surface area contributed by atoms with E-state index < -0.39 is 5.97 Å². The Kier molecular flexibility index (Phi) is 3.64. The van der Waals surface area contributed by atoms with E-state index in [9.17, 15) is 9.90 Å². The van der Waals surface area contributed by atoms with Crippen molar-refractivity contribution < 1.29 is 15.0 Å². The van der Waals surface area contributed by atoms with Gasteiger partial charge in [0.1, 0.15) is 5.75 Å². The minimum atomic E-state index is -0.729. The number of carbonyl (C=O) groups is 1. The quantitative estimate of drug-likeness (QED) is 0.835. The number of phenols is 1. The van der Waals surface area contributed by atoms with Crippen molar-refractivity contribution in [3.8, 4) is 5.75 Å². The molecule has 1 aliphatic rings. The molecule has 1 atom stereocenters. The van der Waals surface area contributed by atoms with Crippen molar-refractivity contribution in [2.45, 2.75) is 31.8 Å². The van der Waals surface area contributed by atoms with E-state index in [1.54, 1.807) is 12.1 Å². The lowest BCUT2D eigenvalue weighted by atomic mass is 10.1. The molecule has 1 aromatic carbocycles. The zero-order valence-electron chi connectivity index (χ0n) is 9.67. The summed E-state index contributed by atoms with van der Waals surface area (Å²) in [6, 6.07) is 7.24. The Morgan fingerprint density at radius 3 is 2.71 bits per heavy atom. The highest BCUT2D eigenvalue weighted by molar-refractivity contribution is 5.67. The number of nitrogens with zero attached hydrogens (tertiary/aromatic N) is 1. The van der Waals surface area contributed by atoms with Crippen LogP contribution in [0.5, 0.6) is 5.75 Å². The molecule has 1 aromatic rings. The van der Waals surface area contributed by atoms with Crippen LogP contribution in [0.1, 0.15) is 24.8 Å². The van der Waals surface area contributed by atoms with Gasteiger partial charge in [-0.1, -0.05) is 12.1 Å². The molecule has 0 bridgehead atoms. The van der Waals surface area contributed by atoms with Crippen LogP contribution in [0.15, 0.2) is 24.3 Å². The van der Waals surface area contributed by atoms with Crippen LogP contribution in [0.25, 0.3) is 0 Å². The van der Waals surface area contributed by atoms with E-state index in [0.29, 0.717) is 0 Å². The molecule has 4 nitrogen and oxygen atoms in total. The molecule has 2 rings (SSSR count). The number of hydrogen-bond acceptors (Lipinski definition) is 3. The Balaban J connectivity index is 1.97. The van der Waals surface area contributed by atoms with Crippen molar-refractivity contribution in [1.29, 1.82) is 0 Å². The normalized spacial score (nSPS) is 20.6. The second-order valence-corrected chi connectivity index (χ2v) is 4.53. The molecule has 1 aliphatic heterocycles. The van der Waals surface area contributed by atoms with Crippen molar-refractivity contribution in [3.63, 3.8) is 0 Å². The van der Waals surface area contributed by atoms with Gasteiger partial charge < -0.3 is 10.2 Å². The molecule has 92 valence electrons. The maximum atomic E-state index is 10.7. The van der Waals surface area contributed by atoms with Gasteiger partial charge in [0.2, 0.25) is 0 Å². The first-order valence-corrected chi connectivity index (χ1v) is 5.89. The van der Waals surface area contributed by atoms with Crippen molar-refractivity contribution in [2.24, 2.45) is 0 Å². The van der Waals surface area contributed by atoms with Gasteiger partial charge in [0.05, 0.1) is 6.42 Å². The number of carboxylic acids is 1. The van der Waals surface area contributed by atoms with Gasteiger partial charge in [0.15, 0.2) is 0 Å². The summed E-state index contributed by atoms with van der Waals surface area (Å²) in [5, 5.41) is 18.0. The fourth-order valence-corrected chi connectivity index (χ4v) is 2.37. The Hall–Kier alpha value is -1.55. The summed E-state index contributed by atoms with van der Waals surface area (Å²) >= 11 is 0. The molecular formula is C13H17NO3. The van der Waals surface area contributed by atoms with Gasteiger partial charge in [-0.3, -0.25) is 9.69 Å². The molecule has 2 N–H and O–H groups in total. The fourth-order valence-electron chi connectivity index (χ4n) is 2.37. The van der Waals surface area contributed by atoms with Gasteiger partial charge in [-0.15, -0.1) is 0 Å². The third kappa shape index (κ3) is 3.20. The fraction of sp³-hybridized carbons (Fsp3) is 0.462. The smallest absolute Gasteiger partial charge is 0.304 e. The zero-order valence-corrected chi connectivity index (χ0v) is 9.67. The predicted molar refractivity (Wildman–Crippen MR) is 63.8 cm³/mol. The highest BCUT2D eigenvalue weighted by Gasteiger charge is 2.26. The lowest BCUT2D eigenvalue weighted by Gasteiger charge is -2.23. The van der Waals surface area contributed by atoms with Crippen LogP contribution in [-0.4, -0.2) is 33.7 Å². The minimum absolute atomic E-state index is 0.154. The van der Waals surface area contributed by atoms with Gasteiger partial charge in [-0.25, -0.2) is 0 Å². The maximum absolute atomic E-state index is 10.7. The first kappa shape index (κ1) is 11.9. The number of carboxylic acid groups (broad SMARTS) is 1. The molecule has 0 amide bonds. The summed E-state index contributed by atoms with van der Waals surface area (Å²) in [4.78, 5) is 12.9. The third-order valence-corrected chi connectivity index (χ3v) is 3.23.